The van der Waals surface area contributed by atoms with Gasteiger partial charge in [0.15, 0.2) is 0 Å². The molecule has 7 nitrogen and oxygen atoms in total. The number of amides is 2. The minimum Gasteiger partial charge on any atom is -0.473 e. The number of nitrogens with zero attached hydrogens (tertiary/aromatic N) is 1. The van der Waals surface area contributed by atoms with Gasteiger partial charge in [-0.1, -0.05) is 0 Å². The fraction of sp³-hybridized carbons (Fsp3) is 0.611. The highest BCUT2D eigenvalue weighted by atomic mass is 32.2. The average Bonchev–Trinajstić information content (AvgIpc) is 3.06. The van der Waals surface area contributed by atoms with E-state index in [1.54, 1.807) is 18.3 Å². The number of hydrogen-bond donors (Lipinski definition) is 2. The molecule has 0 spiro atoms. The summed E-state index contributed by atoms with van der Waals surface area (Å²) in [5.74, 6) is 2.15. The fourth-order valence-electron chi connectivity index (χ4n) is 2.31. The molecule has 1 saturated heterocycles. The Morgan fingerprint density at radius 2 is 2.08 bits per heavy atom. The van der Waals surface area contributed by atoms with Gasteiger partial charge in [0.1, 0.15) is 17.3 Å². The summed E-state index contributed by atoms with van der Waals surface area (Å²) in [6.45, 7) is 6.28. The van der Waals surface area contributed by atoms with E-state index in [-0.39, 0.29) is 12.0 Å². The van der Waals surface area contributed by atoms with E-state index in [1.807, 2.05) is 32.5 Å². The second-order valence-electron chi connectivity index (χ2n) is 7.00. The number of rotatable bonds is 7. The van der Waals surface area contributed by atoms with Crippen LogP contribution in [0.3, 0.4) is 0 Å². The summed E-state index contributed by atoms with van der Waals surface area (Å²) >= 11 is 1.84. The Balaban J connectivity index is 1.73. The van der Waals surface area contributed by atoms with Crippen molar-refractivity contribution >= 4 is 23.8 Å². The molecule has 0 aliphatic carbocycles. The SMILES string of the molecule is CC(C)(C)OC(=O)NCCCNC(=O)c1cccnc1O[C@@H]1CCSC1. The second kappa shape index (κ2) is 9.66. The first-order valence-electron chi connectivity index (χ1n) is 8.79. The zero-order chi connectivity index (χ0) is 19.0. The van der Waals surface area contributed by atoms with Crippen LogP contribution >= 0.6 is 11.8 Å². The fourth-order valence-corrected chi connectivity index (χ4v) is 3.41. The number of pyridine rings is 1. The van der Waals surface area contributed by atoms with Crippen LogP contribution in [0.5, 0.6) is 5.88 Å². The predicted octanol–water partition coefficient (Wildman–Crippen LogP) is 2.61. The minimum atomic E-state index is -0.521. The van der Waals surface area contributed by atoms with Gasteiger partial charge >= 0.3 is 6.09 Å². The number of carbonyl (C=O) groups is 2. The summed E-state index contributed by atoms with van der Waals surface area (Å²) in [6, 6.07) is 3.42. The third-order valence-corrected chi connectivity index (χ3v) is 4.62. The van der Waals surface area contributed by atoms with Gasteiger partial charge in [0.25, 0.3) is 5.91 Å². The van der Waals surface area contributed by atoms with E-state index in [1.165, 1.54) is 0 Å². The topological polar surface area (TPSA) is 89.6 Å². The first kappa shape index (κ1) is 20.4. The molecule has 1 aliphatic rings. The van der Waals surface area contributed by atoms with Gasteiger partial charge < -0.3 is 20.1 Å². The maximum absolute atomic E-state index is 12.4. The second-order valence-corrected chi connectivity index (χ2v) is 8.15. The highest BCUT2D eigenvalue weighted by molar-refractivity contribution is 7.99. The maximum atomic E-state index is 12.4. The molecule has 8 heteroatoms. The van der Waals surface area contributed by atoms with Crippen LogP contribution < -0.4 is 15.4 Å². The molecule has 1 atom stereocenters. The summed E-state index contributed by atoms with van der Waals surface area (Å²) in [4.78, 5) is 28.1. The van der Waals surface area contributed by atoms with Crippen molar-refractivity contribution in [1.29, 1.82) is 0 Å². The standard InChI is InChI=1S/C18H27N3O4S/c1-18(2,3)25-17(23)21-10-5-9-19-15(22)14-6-4-8-20-16(14)24-13-7-11-26-12-13/h4,6,8,13H,5,7,9-12H2,1-3H3,(H,19,22)(H,21,23)/t13-/m1/s1. The van der Waals surface area contributed by atoms with Gasteiger partial charge in [0.2, 0.25) is 5.88 Å². The van der Waals surface area contributed by atoms with Crippen molar-refractivity contribution in [2.75, 3.05) is 24.6 Å². The number of alkyl carbamates (subject to hydrolysis) is 1. The van der Waals surface area contributed by atoms with Gasteiger partial charge in [-0.25, -0.2) is 9.78 Å². The Hall–Kier alpha value is -1.96. The lowest BCUT2D eigenvalue weighted by atomic mass is 10.2. The number of nitrogens with one attached hydrogen (secondary N) is 2. The highest BCUT2D eigenvalue weighted by Gasteiger charge is 2.21. The summed E-state index contributed by atoms with van der Waals surface area (Å²) < 4.78 is 11.0. The maximum Gasteiger partial charge on any atom is 0.407 e. The Morgan fingerprint density at radius 1 is 1.31 bits per heavy atom. The van der Waals surface area contributed by atoms with Crippen LogP contribution in [-0.2, 0) is 4.74 Å². The number of thioether (sulfide) groups is 1. The summed E-state index contributed by atoms with van der Waals surface area (Å²) in [7, 11) is 0. The van der Waals surface area contributed by atoms with E-state index in [9.17, 15) is 9.59 Å². The minimum absolute atomic E-state index is 0.111. The molecule has 26 heavy (non-hydrogen) atoms. The van der Waals surface area contributed by atoms with E-state index in [0.29, 0.717) is 31.0 Å². The molecule has 1 aromatic rings. The van der Waals surface area contributed by atoms with Crippen LogP contribution in [0.25, 0.3) is 0 Å². The van der Waals surface area contributed by atoms with Crippen molar-refractivity contribution in [1.82, 2.24) is 15.6 Å². The molecule has 144 valence electrons. The molecule has 1 fully saturated rings. The molecule has 0 saturated carbocycles. The normalized spacial score (nSPS) is 16.8. The van der Waals surface area contributed by atoms with E-state index in [0.717, 1.165) is 17.9 Å². The molecule has 2 rings (SSSR count). The van der Waals surface area contributed by atoms with Crippen LogP contribution in [0.4, 0.5) is 4.79 Å². The lowest BCUT2D eigenvalue weighted by Crippen LogP contribution is -2.34. The Morgan fingerprint density at radius 3 is 2.77 bits per heavy atom. The average molecular weight is 381 g/mol. The van der Waals surface area contributed by atoms with Crippen LogP contribution in [0.1, 0.15) is 44.0 Å². The molecule has 2 N–H and O–H groups in total. The molecular weight excluding hydrogens is 354 g/mol. The van der Waals surface area contributed by atoms with Gasteiger partial charge in [-0.3, -0.25) is 4.79 Å². The van der Waals surface area contributed by atoms with Crippen LogP contribution in [0.15, 0.2) is 18.3 Å². The van der Waals surface area contributed by atoms with Crippen molar-refractivity contribution in [2.24, 2.45) is 0 Å². The van der Waals surface area contributed by atoms with Crippen molar-refractivity contribution in [3.05, 3.63) is 23.9 Å². The Labute approximate surface area is 158 Å². The third kappa shape index (κ3) is 7.11. The van der Waals surface area contributed by atoms with Gasteiger partial charge in [0, 0.05) is 25.0 Å². The Kier molecular flexibility index (Phi) is 7.56. The highest BCUT2D eigenvalue weighted by Crippen LogP contribution is 2.24. The molecule has 1 aromatic heterocycles. The number of ether oxygens (including phenoxy) is 2. The van der Waals surface area contributed by atoms with E-state index in [2.05, 4.69) is 15.6 Å². The zero-order valence-corrected chi connectivity index (χ0v) is 16.4. The predicted molar refractivity (Wildman–Crippen MR) is 102 cm³/mol. The largest absolute Gasteiger partial charge is 0.473 e. The molecule has 2 heterocycles. The zero-order valence-electron chi connectivity index (χ0n) is 15.5. The quantitative estimate of drug-likeness (QED) is 0.706. The van der Waals surface area contributed by atoms with Crippen molar-refractivity contribution < 1.29 is 19.1 Å². The molecule has 1 aliphatic heterocycles. The molecule has 0 aromatic carbocycles. The molecule has 0 bridgehead atoms. The van der Waals surface area contributed by atoms with Crippen LogP contribution in [0, 0.1) is 0 Å². The van der Waals surface area contributed by atoms with E-state index in [4.69, 9.17) is 9.47 Å². The first-order chi connectivity index (χ1) is 12.3. The van der Waals surface area contributed by atoms with E-state index >= 15 is 0 Å². The number of carbonyl (C=O) groups excluding carboxylic acids is 2. The lowest BCUT2D eigenvalue weighted by Gasteiger charge is -2.19. The van der Waals surface area contributed by atoms with Gasteiger partial charge in [-0.05, 0) is 51.5 Å². The van der Waals surface area contributed by atoms with Crippen LogP contribution in [0.2, 0.25) is 0 Å². The summed E-state index contributed by atoms with van der Waals surface area (Å²) in [6.07, 6.45) is 2.85. The summed E-state index contributed by atoms with van der Waals surface area (Å²) in [5, 5.41) is 5.49. The Bertz CT molecular complexity index is 613. The van der Waals surface area contributed by atoms with Crippen molar-refractivity contribution in [3.8, 4) is 5.88 Å². The van der Waals surface area contributed by atoms with Gasteiger partial charge in [0.05, 0.1) is 0 Å². The third-order valence-electron chi connectivity index (χ3n) is 3.49. The molecular formula is C18H27N3O4S. The van der Waals surface area contributed by atoms with E-state index < -0.39 is 11.7 Å². The smallest absolute Gasteiger partial charge is 0.407 e. The van der Waals surface area contributed by atoms with Gasteiger partial charge in [-0.15, -0.1) is 0 Å². The van der Waals surface area contributed by atoms with Crippen LogP contribution in [-0.4, -0.2) is 53.3 Å². The molecule has 2 amide bonds. The first-order valence-corrected chi connectivity index (χ1v) is 9.95. The summed E-state index contributed by atoms with van der Waals surface area (Å²) in [5.41, 5.74) is -0.0863. The molecule has 0 unspecified atom stereocenters. The monoisotopic (exact) mass is 381 g/mol. The number of aromatic nitrogens is 1. The molecule has 0 radical (unpaired) electrons. The number of hydrogen-bond acceptors (Lipinski definition) is 6. The lowest BCUT2D eigenvalue weighted by molar-refractivity contribution is 0.0527. The van der Waals surface area contributed by atoms with Crippen molar-refractivity contribution in [2.45, 2.75) is 45.3 Å². The van der Waals surface area contributed by atoms with Crippen molar-refractivity contribution in [3.63, 3.8) is 0 Å². The van der Waals surface area contributed by atoms with Gasteiger partial charge in [-0.2, -0.15) is 11.8 Å².